The van der Waals surface area contributed by atoms with E-state index in [1.54, 1.807) is 6.92 Å². The molecule has 3 heteroatoms. The molecular weight excluding hydrogens is 250 g/mol. The number of hydrogen-bond donors (Lipinski definition) is 0. The molecule has 3 nitrogen and oxygen atoms in total. The molecule has 2 aromatic carbocycles. The molecule has 3 aromatic rings. The number of rotatable bonds is 2. The number of nitrogens with zero attached hydrogens (tertiary/aromatic N) is 1. The van der Waals surface area contributed by atoms with Gasteiger partial charge in [-0.05, 0) is 31.2 Å². The summed E-state index contributed by atoms with van der Waals surface area (Å²) in [5.41, 5.74) is 2.66. The monoisotopic (exact) mass is 265 g/mol. The number of para-hydroxylation sites is 1. The van der Waals surface area contributed by atoms with Gasteiger partial charge in [-0.2, -0.15) is 0 Å². The Bertz CT molecular complexity index is 843. The van der Waals surface area contributed by atoms with Gasteiger partial charge in [0, 0.05) is 34.4 Å². The summed E-state index contributed by atoms with van der Waals surface area (Å²) in [6, 6.07) is 13.9. The summed E-state index contributed by atoms with van der Waals surface area (Å²) in [7, 11) is 2.03. The second kappa shape index (κ2) is 4.53. The van der Waals surface area contributed by atoms with E-state index in [1.165, 1.54) is 0 Å². The first-order valence-electron chi connectivity index (χ1n) is 6.43. The second-order valence-electron chi connectivity index (χ2n) is 4.92. The van der Waals surface area contributed by atoms with Crippen molar-refractivity contribution in [3.8, 4) is 5.75 Å². The van der Waals surface area contributed by atoms with Crippen LogP contribution in [0.3, 0.4) is 0 Å². The van der Waals surface area contributed by atoms with Crippen LogP contribution in [0.25, 0.3) is 21.8 Å². The molecule has 0 atom stereocenters. The molecule has 0 unspecified atom stereocenters. The Kier molecular flexibility index (Phi) is 2.83. The van der Waals surface area contributed by atoms with Gasteiger partial charge in [0.1, 0.15) is 5.75 Å². The number of carbonyl (C=O) groups is 1. The molecule has 0 spiro atoms. The average molecular weight is 265 g/mol. The molecule has 100 valence electrons. The maximum absolute atomic E-state index is 11.6. The Hall–Kier alpha value is -2.55. The molecular formula is C17H15NO2. The summed E-state index contributed by atoms with van der Waals surface area (Å²) in [4.78, 5) is 11.6. The molecule has 0 N–H and O–H groups in total. The van der Waals surface area contributed by atoms with E-state index in [2.05, 4.69) is 23.3 Å². The van der Waals surface area contributed by atoms with Gasteiger partial charge in [-0.15, -0.1) is 0 Å². The molecule has 0 aliphatic heterocycles. The van der Waals surface area contributed by atoms with Crippen LogP contribution in [0.15, 0.2) is 54.6 Å². The molecule has 0 amide bonds. The third-order valence-corrected chi connectivity index (χ3v) is 3.44. The molecule has 3 rings (SSSR count). The van der Waals surface area contributed by atoms with Crippen molar-refractivity contribution in [1.82, 2.24) is 4.57 Å². The number of hydrogen-bond acceptors (Lipinski definition) is 2. The van der Waals surface area contributed by atoms with E-state index in [0.717, 1.165) is 21.8 Å². The summed E-state index contributed by atoms with van der Waals surface area (Å²) in [5.74, 6) is 0.145. The van der Waals surface area contributed by atoms with Gasteiger partial charge >= 0.3 is 5.97 Å². The summed E-state index contributed by atoms with van der Waals surface area (Å²) in [6.07, 6.45) is 0. The van der Waals surface area contributed by atoms with Crippen molar-refractivity contribution in [3.63, 3.8) is 0 Å². The van der Waals surface area contributed by atoms with Crippen molar-refractivity contribution < 1.29 is 9.53 Å². The van der Waals surface area contributed by atoms with E-state index in [1.807, 2.05) is 37.4 Å². The third kappa shape index (κ3) is 1.88. The fraction of sp³-hybridized carbons (Fsp3) is 0.118. The maximum Gasteiger partial charge on any atom is 0.338 e. The van der Waals surface area contributed by atoms with Crippen LogP contribution in [-0.4, -0.2) is 10.5 Å². The topological polar surface area (TPSA) is 31.2 Å². The van der Waals surface area contributed by atoms with Crippen LogP contribution < -0.4 is 4.74 Å². The van der Waals surface area contributed by atoms with Crippen LogP contribution in [0, 0.1) is 0 Å². The normalized spacial score (nSPS) is 10.9. The maximum atomic E-state index is 11.6. The molecule has 20 heavy (non-hydrogen) atoms. The zero-order chi connectivity index (χ0) is 14.3. The predicted molar refractivity (Wildman–Crippen MR) is 80.9 cm³/mol. The smallest absolute Gasteiger partial charge is 0.338 e. The SMILES string of the molecule is C=C(C)C(=O)Oc1ccc2c(c1)c1ccccc1n2C. The van der Waals surface area contributed by atoms with Gasteiger partial charge < -0.3 is 9.30 Å². The summed E-state index contributed by atoms with van der Waals surface area (Å²) < 4.78 is 7.43. The van der Waals surface area contributed by atoms with E-state index in [0.29, 0.717) is 11.3 Å². The van der Waals surface area contributed by atoms with Gasteiger partial charge in [0.05, 0.1) is 0 Å². The van der Waals surface area contributed by atoms with E-state index >= 15 is 0 Å². The number of benzene rings is 2. The minimum absolute atomic E-state index is 0.392. The average Bonchev–Trinajstić information content (AvgIpc) is 2.73. The second-order valence-corrected chi connectivity index (χ2v) is 4.92. The van der Waals surface area contributed by atoms with Gasteiger partial charge in [-0.1, -0.05) is 24.8 Å². The van der Waals surface area contributed by atoms with Crippen LogP contribution in [0.2, 0.25) is 0 Å². The lowest BCUT2D eigenvalue weighted by Crippen LogP contribution is -2.07. The highest BCUT2D eigenvalue weighted by Crippen LogP contribution is 2.30. The lowest BCUT2D eigenvalue weighted by Gasteiger charge is -2.04. The highest BCUT2D eigenvalue weighted by Gasteiger charge is 2.10. The van der Waals surface area contributed by atoms with Gasteiger partial charge in [0.25, 0.3) is 0 Å². The Balaban J connectivity index is 2.18. The summed E-state index contributed by atoms with van der Waals surface area (Å²) >= 11 is 0. The van der Waals surface area contributed by atoms with Crippen molar-refractivity contribution >= 4 is 27.8 Å². The first-order chi connectivity index (χ1) is 9.58. The van der Waals surface area contributed by atoms with Crippen LogP contribution in [0.5, 0.6) is 5.75 Å². The Morgan fingerprint density at radius 1 is 1.10 bits per heavy atom. The Morgan fingerprint density at radius 2 is 1.80 bits per heavy atom. The molecule has 0 saturated carbocycles. The van der Waals surface area contributed by atoms with Crippen molar-refractivity contribution in [2.45, 2.75) is 6.92 Å². The molecule has 0 bridgehead atoms. The zero-order valence-electron chi connectivity index (χ0n) is 11.5. The van der Waals surface area contributed by atoms with Gasteiger partial charge in [-0.3, -0.25) is 0 Å². The standard InChI is InChI=1S/C17H15NO2/c1-11(2)17(19)20-12-8-9-16-14(10-12)13-6-4-5-7-15(13)18(16)3/h4-10H,1H2,2-3H3. The molecule has 1 aromatic heterocycles. The molecule has 0 fully saturated rings. The largest absolute Gasteiger partial charge is 0.423 e. The number of fused-ring (bicyclic) bond motifs is 3. The summed E-state index contributed by atoms with van der Waals surface area (Å²) in [6.45, 7) is 5.23. The fourth-order valence-corrected chi connectivity index (χ4v) is 2.40. The number of aromatic nitrogens is 1. The van der Waals surface area contributed by atoms with Crippen LogP contribution in [0.1, 0.15) is 6.92 Å². The van der Waals surface area contributed by atoms with Gasteiger partial charge in [-0.25, -0.2) is 4.79 Å². The Morgan fingerprint density at radius 3 is 2.55 bits per heavy atom. The molecule has 0 aliphatic rings. The van der Waals surface area contributed by atoms with Gasteiger partial charge in [0.2, 0.25) is 0 Å². The van der Waals surface area contributed by atoms with Crippen molar-refractivity contribution in [2.24, 2.45) is 7.05 Å². The first-order valence-corrected chi connectivity index (χ1v) is 6.43. The van der Waals surface area contributed by atoms with Crippen LogP contribution in [-0.2, 0) is 11.8 Å². The minimum Gasteiger partial charge on any atom is -0.423 e. The van der Waals surface area contributed by atoms with Crippen molar-refractivity contribution in [3.05, 3.63) is 54.6 Å². The van der Waals surface area contributed by atoms with E-state index < -0.39 is 5.97 Å². The van der Waals surface area contributed by atoms with Crippen LogP contribution in [0.4, 0.5) is 0 Å². The van der Waals surface area contributed by atoms with Gasteiger partial charge in [0.15, 0.2) is 0 Å². The van der Waals surface area contributed by atoms with E-state index in [9.17, 15) is 4.79 Å². The molecule has 0 radical (unpaired) electrons. The lowest BCUT2D eigenvalue weighted by atomic mass is 10.1. The lowest BCUT2D eigenvalue weighted by molar-refractivity contribution is -0.130. The minimum atomic E-state index is -0.399. The molecule has 0 saturated heterocycles. The fourth-order valence-electron chi connectivity index (χ4n) is 2.40. The van der Waals surface area contributed by atoms with Crippen LogP contribution >= 0.6 is 0 Å². The number of esters is 1. The molecule has 1 heterocycles. The van der Waals surface area contributed by atoms with E-state index in [4.69, 9.17) is 4.74 Å². The number of aryl methyl sites for hydroxylation is 1. The molecule has 0 aliphatic carbocycles. The van der Waals surface area contributed by atoms with Crippen molar-refractivity contribution in [2.75, 3.05) is 0 Å². The Labute approximate surface area is 117 Å². The first kappa shape index (κ1) is 12.5. The highest BCUT2D eigenvalue weighted by molar-refractivity contribution is 6.08. The predicted octanol–water partition coefficient (Wildman–Crippen LogP) is 3.81. The number of carbonyl (C=O) groups excluding carboxylic acids is 1. The van der Waals surface area contributed by atoms with E-state index in [-0.39, 0.29) is 0 Å². The summed E-state index contributed by atoms with van der Waals surface area (Å²) in [5, 5.41) is 2.23. The number of ether oxygens (including phenoxy) is 1. The highest BCUT2D eigenvalue weighted by atomic mass is 16.5. The zero-order valence-corrected chi connectivity index (χ0v) is 11.5. The third-order valence-electron chi connectivity index (χ3n) is 3.44. The quantitative estimate of drug-likeness (QED) is 0.401. The van der Waals surface area contributed by atoms with Crippen molar-refractivity contribution in [1.29, 1.82) is 0 Å².